The predicted octanol–water partition coefficient (Wildman–Crippen LogP) is 1.10. The monoisotopic (exact) mass is 360 g/mol. The molecule has 0 spiro atoms. The quantitative estimate of drug-likeness (QED) is 0.845. The first-order valence-corrected chi connectivity index (χ1v) is 9.93. The number of hydrogen-bond donors (Lipinski definition) is 2. The van der Waals surface area contributed by atoms with Crippen molar-refractivity contribution < 1.29 is 14.7 Å². The van der Waals surface area contributed by atoms with Crippen LogP contribution in [0.4, 0.5) is 0 Å². The van der Waals surface area contributed by atoms with Crippen LogP contribution in [0.1, 0.15) is 61.1 Å². The van der Waals surface area contributed by atoms with E-state index < -0.39 is 0 Å². The van der Waals surface area contributed by atoms with Gasteiger partial charge >= 0.3 is 0 Å². The van der Waals surface area contributed by atoms with Gasteiger partial charge in [0, 0.05) is 25.7 Å². The number of aromatic nitrogens is 2. The van der Waals surface area contributed by atoms with E-state index in [0.717, 1.165) is 25.0 Å². The maximum atomic E-state index is 12.8. The highest BCUT2D eigenvalue weighted by Gasteiger charge is 2.32. The minimum absolute atomic E-state index is 0.0367. The molecule has 3 heterocycles. The Bertz CT molecular complexity index is 672. The van der Waals surface area contributed by atoms with Crippen molar-refractivity contribution >= 4 is 11.8 Å². The maximum Gasteiger partial charge on any atom is 0.274 e. The van der Waals surface area contributed by atoms with Crippen molar-refractivity contribution in [1.29, 1.82) is 0 Å². The highest BCUT2D eigenvalue weighted by atomic mass is 16.3. The number of likely N-dealkylation sites (tertiary alicyclic amines) is 1. The Hall–Kier alpha value is -1.89. The average Bonchev–Trinajstić information content (AvgIpc) is 3.30. The van der Waals surface area contributed by atoms with E-state index in [9.17, 15) is 14.7 Å². The number of carbonyl (C=O) groups is 2. The van der Waals surface area contributed by atoms with Crippen molar-refractivity contribution in [2.45, 2.75) is 70.1 Å². The lowest BCUT2D eigenvalue weighted by atomic mass is 9.95. The van der Waals surface area contributed by atoms with E-state index in [1.807, 2.05) is 4.57 Å². The summed E-state index contributed by atoms with van der Waals surface area (Å²) < 4.78 is 1.98. The number of nitrogens with zero attached hydrogens (tertiary/aromatic N) is 3. The summed E-state index contributed by atoms with van der Waals surface area (Å²) in [5.74, 6) is 0.0686. The van der Waals surface area contributed by atoms with Gasteiger partial charge in [-0.3, -0.25) is 9.59 Å². The van der Waals surface area contributed by atoms with Crippen LogP contribution in [0.25, 0.3) is 0 Å². The zero-order chi connectivity index (χ0) is 18.1. The molecule has 1 saturated carbocycles. The third-order valence-electron chi connectivity index (χ3n) is 6.12. The average molecular weight is 360 g/mol. The first kappa shape index (κ1) is 17.5. The third-order valence-corrected chi connectivity index (χ3v) is 6.12. The zero-order valence-corrected chi connectivity index (χ0v) is 15.2. The number of amides is 2. The first-order chi connectivity index (χ1) is 12.6. The molecule has 0 bridgehead atoms. The molecule has 142 valence electrons. The highest BCUT2D eigenvalue weighted by Crippen LogP contribution is 2.25. The fraction of sp³-hybridized carbons (Fsp3) is 0.737. The molecule has 0 aromatic carbocycles. The lowest BCUT2D eigenvalue weighted by Gasteiger charge is -2.30. The molecule has 1 saturated heterocycles. The first-order valence-electron chi connectivity index (χ1n) is 9.93. The summed E-state index contributed by atoms with van der Waals surface area (Å²) in [6.07, 6.45) is 8.75. The van der Waals surface area contributed by atoms with Crippen LogP contribution in [0, 0.1) is 5.92 Å². The van der Waals surface area contributed by atoms with E-state index in [1.54, 1.807) is 11.2 Å². The summed E-state index contributed by atoms with van der Waals surface area (Å²) in [5.41, 5.74) is 1.47. The standard InChI is InChI=1S/C19H28N4O3/c24-15-7-9-22(10-8-15)19(26)17-16-6-5-13(11-23(16)12-20-17)18(25)21-14-3-1-2-4-14/h12-15,24H,1-11H2,(H,21,25). The van der Waals surface area contributed by atoms with Gasteiger partial charge in [0.1, 0.15) is 5.69 Å². The van der Waals surface area contributed by atoms with Gasteiger partial charge in [0.25, 0.3) is 5.91 Å². The molecule has 3 aliphatic rings. The molecule has 4 rings (SSSR count). The van der Waals surface area contributed by atoms with Gasteiger partial charge in [-0.2, -0.15) is 0 Å². The van der Waals surface area contributed by atoms with E-state index in [4.69, 9.17) is 0 Å². The van der Waals surface area contributed by atoms with Crippen molar-refractivity contribution in [2.24, 2.45) is 5.92 Å². The molecule has 26 heavy (non-hydrogen) atoms. The molecule has 1 atom stereocenters. The smallest absolute Gasteiger partial charge is 0.274 e. The normalized spacial score (nSPS) is 24.5. The number of imidazole rings is 1. The molecule has 0 radical (unpaired) electrons. The summed E-state index contributed by atoms with van der Waals surface area (Å²) in [6, 6.07) is 0.346. The minimum atomic E-state index is -0.297. The second-order valence-electron chi connectivity index (χ2n) is 7.94. The second kappa shape index (κ2) is 7.39. The fourth-order valence-corrected chi connectivity index (χ4v) is 4.47. The molecular weight excluding hydrogens is 332 g/mol. The van der Waals surface area contributed by atoms with Crippen LogP contribution in [-0.4, -0.2) is 56.6 Å². The van der Waals surface area contributed by atoms with Crippen LogP contribution in [0.5, 0.6) is 0 Å². The van der Waals surface area contributed by atoms with Crippen LogP contribution in [0.3, 0.4) is 0 Å². The van der Waals surface area contributed by atoms with Gasteiger partial charge in [-0.15, -0.1) is 0 Å². The minimum Gasteiger partial charge on any atom is -0.393 e. The Morgan fingerprint density at radius 1 is 1.12 bits per heavy atom. The molecule has 2 fully saturated rings. The summed E-state index contributed by atoms with van der Waals surface area (Å²) in [7, 11) is 0. The van der Waals surface area contributed by atoms with Crippen LogP contribution in [0.2, 0.25) is 0 Å². The van der Waals surface area contributed by atoms with Crippen LogP contribution >= 0.6 is 0 Å². The lowest BCUT2D eigenvalue weighted by Crippen LogP contribution is -2.42. The number of rotatable bonds is 3. The van der Waals surface area contributed by atoms with Gasteiger partial charge in [-0.1, -0.05) is 12.8 Å². The Balaban J connectivity index is 1.40. The van der Waals surface area contributed by atoms with Crippen LogP contribution in [0.15, 0.2) is 6.33 Å². The topological polar surface area (TPSA) is 87.5 Å². The zero-order valence-electron chi connectivity index (χ0n) is 15.2. The Labute approximate surface area is 153 Å². The molecule has 1 aromatic rings. The lowest BCUT2D eigenvalue weighted by molar-refractivity contribution is -0.126. The van der Waals surface area contributed by atoms with Gasteiger partial charge < -0.3 is 19.9 Å². The molecular formula is C19H28N4O3. The van der Waals surface area contributed by atoms with E-state index in [-0.39, 0.29) is 23.8 Å². The highest BCUT2D eigenvalue weighted by molar-refractivity contribution is 5.93. The van der Waals surface area contributed by atoms with Crippen LogP contribution in [-0.2, 0) is 17.8 Å². The van der Waals surface area contributed by atoms with E-state index in [2.05, 4.69) is 10.3 Å². The van der Waals surface area contributed by atoms with Gasteiger partial charge in [-0.25, -0.2) is 4.98 Å². The molecule has 1 aliphatic carbocycles. The van der Waals surface area contributed by atoms with Crippen molar-refractivity contribution in [3.63, 3.8) is 0 Å². The van der Waals surface area contributed by atoms with E-state index in [0.29, 0.717) is 50.6 Å². The molecule has 1 aromatic heterocycles. The van der Waals surface area contributed by atoms with Crippen molar-refractivity contribution in [1.82, 2.24) is 19.8 Å². The third kappa shape index (κ3) is 3.49. The van der Waals surface area contributed by atoms with Crippen molar-refractivity contribution in [3.8, 4) is 0 Å². The Morgan fingerprint density at radius 2 is 1.85 bits per heavy atom. The molecule has 1 unspecified atom stereocenters. The number of aliphatic hydroxyl groups is 1. The molecule has 2 aliphatic heterocycles. The van der Waals surface area contributed by atoms with Gasteiger partial charge in [0.05, 0.1) is 24.0 Å². The Kier molecular flexibility index (Phi) is 4.98. The number of fused-ring (bicyclic) bond motifs is 1. The van der Waals surface area contributed by atoms with Crippen LogP contribution < -0.4 is 5.32 Å². The summed E-state index contributed by atoms with van der Waals surface area (Å²) in [4.78, 5) is 31.5. The summed E-state index contributed by atoms with van der Waals surface area (Å²) in [5, 5.41) is 12.8. The molecule has 2 amide bonds. The van der Waals surface area contributed by atoms with Crippen molar-refractivity contribution in [2.75, 3.05) is 13.1 Å². The number of hydrogen-bond acceptors (Lipinski definition) is 4. The maximum absolute atomic E-state index is 12.8. The Morgan fingerprint density at radius 3 is 2.58 bits per heavy atom. The van der Waals surface area contributed by atoms with Gasteiger partial charge in [0.15, 0.2) is 0 Å². The van der Waals surface area contributed by atoms with E-state index >= 15 is 0 Å². The van der Waals surface area contributed by atoms with Gasteiger partial charge in [-0.05, 0) is 38.5 Å². The second-order valence-corrected chi connectivity index (χ2v) is 7.94. The summed E-state index contributed by atoms with van der Waals surface area (Å²) >= 11 is 0. The van der Waals surface area contributed by atoms with Gasteiger partial charge in [0.2, 0.25) is 5.91 Å². The van der Waals surface area contributed by atoms with E-state index in [1.165, 1.54) is 12.8 Å². The molecule has 7 heteroatoms. The number of piperidine rings is 1. The predicted molar refractivity (Wildman–Crippen MR) is 95.6 cm³/mol. The number of aliphatic hydroxyl groups excluding tert-OH is 1. The SMILES string of the molecule is O=C(NC1CCCC1)C1CCc2c(C(=O)N3CCC(O)CC3)ncn2C1. The fourth-order valence-electron chi connectivity index (χ4n) is 4.47. The summed E-state index contributed by atoms with van der Waals surface area (Å²) in [6.45, 7) is 1.77. The number of carbonyl (C=O) groups excluding carboxylic acids is 2. The number of nitrogens with one attached hydrogen (secondary N) is 1. The molecule has 2 N–H and O–H groups in total. The van der Waals surface area contributed by atoms with Crippen molar-refractivity contribution in [3.05, 3.63) is 17.7 Å². The largest absolute Gasteiger partial charge is 0.393 e. The molecule has 7 nitrogen and oxygen atoms in total.